The van der Waals surface area contributed by atoms with Crippen LogP contribution in [0.3, 0.4) is 0 Å². The van der Waals surface area contributed by atoms with Crippen molar-refractivity contribution in [3.8, 4) is 0 Å². The summed E-state index contributed by atoms with van der Waals surface area (Å²) in [5, 5.41) is 3.48. The summed E-state index contributed by atoms with van der Waals surface area (Å²) in [7, 11) is 0. The Morgan fingerprint density at radius 1 is 1.28 bits per heavy atom. The molecule has 29 heavy (non-hydrogen) atoms. The average Bonchev–Trinajstić information content (AvgIpc) is 3.24. The molecule has 2 saturated heterocycles. The van der Waals surface area contributed by atoms with Crippen molar-refractivity contribution >= 4 is 29.9 Å². The number of rotatable bonds is 8. The Bertz CT molecular complexity index is 593. The molecule has 0 bridgehead atoms. The van der Waals surface area contributed by atoms with Crippen LogP contribution in [0.4, 0.5) is 0 Å². The lowest BCUT2D eigenvalue weighted by molar-refractivity contribution is 0.0892. The number of ether oxygens (including phenoxy) is 2. The van der Waals surface area contributed by atoms with Gasteiger partial charge in [0.05, 0.1) is 13.2 Å². The van der Waals surface area contributed by atoms with E-state index in [1.54, 1.807) is 0 Å². The fraction of sp³-hybridized carbons (Fsp3) is 0.696. The third-order valence-corrected chi connectivity index (χ3v) is 5.85. The summed E-state index contributed by atoms with van der Waals surface area (Å²) in [6.07, 6.45) is 3.29. The van der Waals surface area contributed by atoms with Gasteiger partial charge >= 0.3 is 0 Å². The Morgan fingerprint density at radius 2 is 2.10 bits per heavy atom. The molecule has 2 fully saturated rings. The maximum Gasteiger partial charge on any atom is 0.193 e. The van der Waals surface area contributed by atoms with Crippen LogP contribution in [0.1, 0.15) is 44.6 Å². The van der Waals surface area contributed by atoms with Gasteiger partial charge in [-0.2, -0.15) is 0 Å². The highest BCUT2D eigenvalue weighted by Crippen LogP contribution is 2.32. The minimum Gasteiger partial charge on any atom is -0.381 e. The van der Waals surface area contributed by atoms with Gasteiger partial charge < -0.3 is 19.7 Å². The maximum absolute atomic E-state index is 5.80. The predicted molar refractivity (Wildman–Crippen MR) is 130 cm³/mol. The number of hydrogen-bond donors (Lipinski definition) is 1. The van der Waals surface area contributed by atoms with Crippen LogP contribution < -0.4 is 5.32 Å². The first-order valence-corrected chi connectivity index (χ1v) is 11.0. The highest BCUT2D eigenvalue weighted by atomic mass is 127. The molecule has 2 heterocycles. The fourth-order valence-corrected chi connectivity index (χ4v) is 4.28. The number of piperidine rings is 1. The van der Waals surface area contributed by atoms with Crippen molar-refractivity contribution in [3.05, 3.63) is 35.9 Å². The van der Waals surface area contributed by atoms with Crippen LogP contribution in [0.25, 0.3) is 0 Å². The lowest BCUT2D eigenvalue weighted by Gasteiger charge is -2.39. The molecule has 3 rings (SSSR count). The molecule has 0 saturated carbocycles. The minimum atomic E-state index is 0. The van der Waals surface area contributed by atoms with Crippen molar-refractivity contribution in [1.29, 1.82) is 0 Å². The van der Waals surface area contributed by atoms with Crippen LogP contribution in [0.5, 0.6) is 0 Å². The smallest absolute Gasteiger partial charge is 0.193 e. The number of benzene rings is 1. The van der Waals surface area contributed by atoms with Crippen molar-refractivity contribution in [2.24, 2.45) is 16.8 Å². The van der Waals surface area contributed by atoms with Gasteiger partial charge in [-0.3, -0.25) is 4.99 Å². The van der Waals surface area contributed by atoms with Crippen LogP contribution >= 0.6 is 24.0 Å². The van der Waals surface area contributed by atoms with Gasteiger partial charge in [-0.1, -0.05) is 37.3 Å². The molecular weight excluding hydrogens is 477 g/mol. The lowest BCUT2D eigenvalue weighted by Crippen LogP contribution is -2.48. The van der Waals surface area contributed by atoms with Gasteiger partial charge in [-0.15, -0.1) is 24.0 Å². The molecular formula is C23H38IN3O2. The van der Waals surface area contributed by atoms with Crippen molar-refractivity contribution < 1.29 is 9.47 Å². The number of aliphatic imine (C=N–C) groups is 1. The minimum absolute atomic E-state index is 0. The molecule has 3 unspecified atom stereocenters. The van der Waals surface area contributed by atoms with Gasteiger partial charge in [-0.25, -0.2) is 0 Å². The molecule has 164 valence electrons. The average molecular weight is 515 g/mol. The van der Waals surface area contributed by atoms with E-state index in [1.807, 2.05) is 0 Å². The number of likely N-dealkylation sites (tertiary alicyclic amines) is 1. The largest absolute Gasteiger partial charge is 0.381 e. The SMILES string of the molecule is CCNC(=NCCCOCC1CCOC1)N1CCC(c2ccccc2)C(C)C1.I. The zero-order valence-electron chi connectivity index (χ0n) is 18.0. The van der Waals surface area contributed by atoms with Crippen LogP contribution in [-0.4, -0.2) is 63.5 Å². The van der Waals surface area contributed by atoms with E-state index in [9.17, 15) is 0 Å². The Kier molecular flexibility index (Phi) is 11.3. The molecule has 1 aromatic carbocycles. The molecule has 2 aliphatic heterocycles. The first kappa shape index (κ1) is 24.4. The van der Waals surface area contributed by atoms with E-state index in [-0.39, 0.29) is 24.0 Å². The van der Waals surface area contributed by atoms with Gasteiger partial charge in [0.2, 0.25) is 0 Å². The van der Waals surface area contributed by atoms with Gasteiger partial charge in [0.25, 0.3) is 0 Å². The molecule has 0 aliphatic carbocycles. The van der Waals surface area contributed by atoms with E-state index in [1.165, 1.54) is 12.0 Å². The van der Waals surface area contributed by atoms with E-state index in [0.717, 1.165) is 71.4 Å². The molecule has 0 aromatic heterocycles. The quantitative estimate of drug-likeness (QED) is 0.245. The predicted octanol–water partition coefficient (Wildman–Crippen LogP) is 4.14. The van der Waals surface area contributed by atoms with Crippen LogP contribution in [0, 0.1) is 11.8 Å². The Labute approximate surface area is 193 Å². The Hall–Kier alpha value is -0.860. The van der Waals surface area contributed by atoms with Crippen molar-refractivity contribution in [2.75, 3.05) is 52.6 Å². The summed E-state index contributed by atoms with van der Waals surface area (Å²) >= 11 is 0. The summed E-state index contributed by atoms with van der Waals surface area (Å²) in [5.74, 6) is 2.92. The van der Waals surface area contributed by atoms with E-state index < -0.39 is 0 Å². The van der Waals surface area contributed by atoms with Crippen LogP contribution in [0.2, 0.25) is 0 Å². The lowest BCUT2D eigenvalue weighted by atomic mass is 9.82. The van der Waals surface area contributed by atoms with Crippen molar-refractivity contribution in [3.63, 3.8) is 0 Å². The number of nitrogens with zero attached hydrogens (tertiary/aromatic N) is 2. The zero-order chi connectivity index (χ0) is 19.6. The van der Waals surface area contributed by atoms with E-state index >= 15 is 0 Å². The molecule has 6 heteroatoms. The molecule has 5 nitrogen and oxygen atoms in total. The number of guanidine groups is 1. The normalized spacial score (nSPS) is 25.0. The Morgan fingerprint density at radius 3 is 2.79 bits per heavy atom. The van der Waals surface area contributed by atoms with Crippen LogP contribution in [0.15, 0.2) is 35.3 Å². The summed E-state index contributed by atoms with van der Waals surface area (Å²) in [6.45, 7) is 11.7. The third-order valence-electron chi connectivity index (χ3n) is 5.85. The second-order valence-electron chi connectivity index (χ2n) is 8.12. The fourth-order valence-electron chi connectivity index (χ4n) is 4.28. The molecule has 0 spiro atoms. The summed E-state index contributed by atoms with van der Waals surface area (Å²) in [4.78, 5) is 7.30. The molecule has 2 aliphatic rings. The highest BCUT2D eigenvalue weighted by Gasteiger charge is 2.28. The van der Waals surface area contributed by atoms with E-state index in [2.05, 4.69) is 54.4 Å². The molecule has 0 radical (unpaired) electrons. The van der Waals surface area contributed by atoms with Crippen molar-refractivity contribution in [1.82, 2.24) is 10.2 Å². The van der Waals surface area contributed by atoms with Gasteiger partial charge in [0.15, 0.2) is 5.96 Å². The zero-order valence-corrected chi connectivity index (χ0v) is 20.3. The molecule has 0 amide bonds. The van der Waals surface area contributed by atoms with Crippen molar-refractivity contribution in [2.45, 2.75) is 39.0 Å². The molecule has 3 atom stereocenters. The van der Waals surface area contributed by atoms with Gasteiger partial charge in [-0.05, 0) is 43.6 Å². The number of nitrogens with one attached hydrogen (secondary N) is 1. The standard InChI is InChI=1S/C23H37N3O2.HI/c1-3-24-23(25-12-7-14-27-17-20-11-15-28-18-20)26-13-10-22(19(2)16-26)21-8-5-4-6-9-21;/h4-6,8-9,19-20,22H,3,7,10-18H2,1-2H3,(H,24,25);1H. The monoisotopic (exact) mass is 515 g/mol. The number of hydrogen-bond acceptors (Lipinski definition) is 3. The third kappa shape index (κ3) is 7.72. The van der Waals surface area contributed by atoms with E-state index in [4.69, 9.17) is 14.5 Å². The molecule has 1 N–H and O–H groups in total. The van der Waals surface area contributed by atoms with Gasteiger partial charge in [0, 0.05) is 45.3 Å². The second kappa shape index (κ2) is 13.4. The van der Waals surface area contributed by atoms with E-state index in [0.29, 0.717) is 17.8 Å². The summed E-state index contributed by atoms with van der Waals surface area (Å²) in [6, 6.07) is 11.0. The molecule has 1 aromatic rings. The van der Waals surface area contributed by atoms with Gasteiger partial charge in [0.1, 0.15) is 0 Å². The maximum atomic E-state index is 5.80. The summed E-state index contributed by atoms with van der Waals surface area (Å²) < 4.78 is 11.2. The Balaban J connectivity index is 0.00000300. The first-order chi connectivity index (χ1) is 13.8. The number of halogens is 1. The second-order valence-corrected chi connectivity index (χ2v) is 8.12. The summed E-state index contributed by atoms with van der Waals surface area (Å²) in [5.41, 5.74) is 1.47. The highest BCUT2D eigenvalue weighted by molar-refractivity contribution is 14.0. The first-order valence-electron chi connectivity index (χ1n) is 11.0. The topological polar surface area (TPSA) is 46.1 Å². The van der Waals surface area contributed by atoms with Crippen LogP contribution in [-0.2, 0) is 9.47 Å².